The van der Waals surface area contributed by atoms with Crippen LogP contribution in [-0.4, -0.2) is 36.0 Å². The van der Waals surface area contributed by atoms with Gasteiger partial charge >= 0.3 is 5.97 Å². The molecule has 1 atom stereocenters. The minimum absolute atomic E-state index is 0.114. The first kappa shape index (κ1) is 15.9. The Balaban J connectivity index is 1.77. The van der Waals surface area contributed by atoms with Crippen molar-refractivity contribution in [2.45, 2.75) is 32.8 Å². The Morgan fingerprint density at radius 1 is 1.30 bits per heavy atom. The lowest BCUT2D eigenvalue weighted by Gasteiger charge is -2.20. The van der Waals surface area contributed by atoms with Crippen molar-refractivity contribution in [2.24, 2.45) is 0 Å². The molecule has 1 saturated heterocycles. The highest BCUT2D eigenvalue weighted by Gasteiger charge is 2.28. The molecule has 1 aliphatic rings. The number of fused-ring (bicyclic) bond motifs is 1. The minimum atomic E-state index is -0.822. The highest BCUT2D eigenvalue weighted by Crippen LogP contribution is 2.28. The van der Waals surface area contributed by atoms with Gasteiger partial charge in [0.15, 0.2) is 6.10 Å². The van der Waals surface area contributed by atoms with E-state index in [-0.39, 0.29) is 11.7 Å². The van der Waals surface area contributed by atoms with Crippen molar-refractivity contribution in [1.29, 1.82) is 0 Å². The number of ether oxygens (including phenoxy) is 1. The Kier molecular flexibility index (Phi) is 4.31. The number of carbonyl (C=O) groups excluding carboxylic acids is 2. The zero-order chi connectivity index (χ0) is 16.6. The van der Waals surface area contributed by atoms with Gasteiger partial charge in [0.1, 0.15) is 5.58 Å². The lowest BCUT2D eigenvalue weighted by Crippen LogP contribution is -2.38. The second-order valence-corrected chi connectivity index (χ2v) is 6.21. The first-order valence-electron chi connectivity index (χ1n) is 7.66. The van der Waals surface area contributed by atoms with Crippen LogP contribution in [0, 0.1) is 6.92 Å². The number of hydrogen-bond acceptors (Lipinski definition) is 4. The predicted molar refractivity (Wildman–Crippen MR) is 86.7 cm³/mol. The number of furan rings is 1. The summed E-state index contributed by atoms with van der Waals surface area (Å²) in [6.07, 6.45) is 1.17. The Morgan fingerprint density at radius 3 is 2.70 bits per heavy atom. The number of carbonyl (C=O) groups is 2. The summed E-state index contributed by atoms with van der Waals surface area (Å²) < 4.78 is 10.9. The SMILES string of the molecule is Cc1c(C(=O)O[C@@H](C)C(=O)N2CCCC2)oc2ccc(Cl)cc12. The van der Waals surface area contributed by atoms with Gasteiger partial charge in [0, 0.05) is 29.1 Å². The molecule has 1 fully saturated rings. The molecule has 3 rings (SSSR count). The molecule has 5 nitrogen and oxygen atoms in total. The predicted octanol–water partition coefficient (Wildman–Crippen LogP) is 3.56. The van der Waals surface area contributed by atoms with Gasteiger partial charge in [-0.1, -0.05) is 11.6 Å². The molecule has 0 aliphatic carbocycles. The van der Waals surface area contributed by atoms with Gasteiger partial charge in [-0.3, -0.25) is 4.79 Å². The van der Waals surface area contributed by atoms with E-state index in [2.05, 4.69) is 0 Å². The van der Waals surface area contributed by atoms with Crippen LogP contribution < -0.4 is 0 Å². The maximum absolute atomic E-state index is 12.3. The van der Waals surface area contributed by atoms with Crippen LogP contribution in [0.5, 0.6) is 0 Å². The summed E-state index contributed by atoms with van der Waals surface area (Å²) in [5.74, 6) is -0.675. The molecule has 0 unspecified atom stereocenters. The molecule has 122 valence electrons. The molecule has 1 aromatic heterocycles. The number of hydrogen-bond donors (Lipinski definition) is 0. The zero-order valence-corrected chi connectivity index (χ0v) is 13.9. The molecule has 0 saturated carbocycles. The van der Waals surface area contributed by atoms with E-state index in [0.717, 1.165) is 31.3 Å². The van der Waals surface area contributed by atoms with E-state index in [1.807, 2.05) is 0 Å². The average molecular weight is 336 g/mol. The molecule has 0 bridgehead atoms. The molecule has 0 spiro atoms. The van der Waals surface area contributed by atoms with Crippen LogP contribution in [0.1, 0.15) is 35.9 Å². The van der Waals surface area contributed by atoms with E-state index < -0.39 is 12.1 Å². The summed E-state index contributed by atoms with van der Waals surface area (Å²) in [6, 6.07) is 5.15. The number of esters is 1. The van der Waals surface area contributed by atoms with Crippen LogP contribution in [0.3, 0.4) is 0 Å². The lowest BCUT2D eigenvalue weighted by atomic mass is 10.1. The van der Waals surface area contributed by atoms with Gasteiger partial charge in [-0.05, 0) is 44.9 Å². The summed E-state index contributed by atoms with van der Waals surface area (Å²) in [7, 11) is 0. The normalized spacial score (nSPS) is 15.9. The third-order valence-corrected chi connectivity index (χ3v) is 4.37. The van der Waals surface area contributed by atoms with Crippen molar-refractivity contribution in [3.8, 4) is 0 Å². The Bertz CT molecular complexity index is 761. The van der Waals surface area contributed by atoms with Crippen molar-refractivity contribution in [1.82, 2.24) is 4.90 Å². The largest absolute Gasteiger partial charge is 0.449 e. The summed E-state index contributed by atoms with van der Waals surface area (Å²) >= 11 is 5.97. The van der Waals surface area contributed by atoms with E-state index in [4.69, 9.17) is 20.8 Å². The maximum Gasteiger partial charge on any atom is 0.375 e. The number of rotatable bonds is 3. The topological polar surface area (TPSA) is 59.8 Å². The van der Waals surface area contributed by atoms with Gasteiger partial charge in [0.2, 0.25) is 5.76 Å². The van der Waals surface area contributed by atoms with Crippen LogP contribution in [0.4, 0.5) is 0 Å². The molecule has 2 heterocycles. The van der Waals surface area contributed by atoms with Gasteiger partial charge in [-0.25, -0.2) is 4.79 Å². The number of likely N-dealkylation sites (tertiary alicyclic amines) is 1. The summed E-state index contributed by atoms with van der Waals surface area (Å²) in [5, 5.41) is 1.34. The maximum atomic E-state index is 12.3. The van der Waals surface area contributed by atoms with E-state index in [9.17, 15) is 9.59 Å². The Labute approximate surface area is 139 Å². The molecule has 6 heteroatoms. The zero-order valence-electron chi connectivity index (χ0n) is 13.1. The van der Waals surface area contributed by atoms with Crippen molar-refractivity contribution >= 4 is 34.4 Å². The smallest absolute Gasteiger partial charge is 0.375 e. The van der Waals surface area contributed by atoms with Crippen LogP contribution in [0.2, 0.25) is 5.02 Å². The van der Waals surface area contributed by atoms with Gasteiger partial charge in [0.25, 0.3) is 5.91 Å². The van der Waals surface area contributed by atoms with Crippen LogP contribution in [0.25, 0.3) is 11.0 Å². The molecule has 1 aliphatic heterocycles. The van der Waals surface area contributed by atoms with Gasteiger partial charge < -0.3 is 14.1 Å². The third kappa shape index (κ3) is 3.06. The van der Waals surface area contributed by atoms with Crippen molar-refractivity contribution in [3.05, 3.63) is 34.5 Å². The second-order valence-electron chi connectivity index (χ2n) is 5.78. The number of aryl methyl sites for hydroxylation is 1. The fourth-order valence-electron chi connectivity index (χ4n) is 2.85. The van der Waals surface area contributed by atoms with E-state index in [1.165, 1.54) is 0 Å². The van der Waals surface area contributed by atoms with Gasteiger partial charge in [-0.15, -0.1) is 0 Å². The first-order chi connectivity index (χ1) is 11.0. The molecular weight excluding hydrogens is 318 g/mol. The molecular formula is C17H18ClNO4. The lowest BCUT2D eigenvalue weighted by molar-refractivity contribution is -0.138. The molecule has 23 heavy (non-hydrogen) atoms. The molecule has 1 amide bonds. The number of amides is 1. The second kappa shape index (κ2) is 6.24. The summed E-state index contributed by atoms with van der Waals surface area (Å²) in [5.41, 5.74) is 1.23. The monoisotopic (exact) mass is 335 g/mol. The molecule has 2 aromatic rings. The van der Waals surface area contributed by atoms with E-state index in [0.29, 0.717) is 16.2 Å². The van der Waals surface area contributed by atoms with Crippen LogP contribution >= 0.6 is 11.6 Å². The summed E-state index contributed by atoms with van der Waals surface area (Å²) in [6.45, 7) is 4.81. The van der Waals surface area contributed by atoms with Crippen molar-refractivity contribution in [3.63, 3.8) is 0 Å². The fraction of sp³-hybridized carbons (Fsp3) is 0.412. The first-order valence-corrected chi connectivity index (χ1v) is 8.03. The molecule has 0 radical (unpaired) electrons. The Morgan fingerprint density at radius 2 is 2.00 bits per heavy atom. The highest BCUT2D eigenvalue weighted by atomic mass is 35.5. The van der Waals surface area contributed by atoms with Crippen molar-refractivity contribution < 1.29 is 18.7 Å². The van der Waals surface area contributed by atoms with Gasteiger partial charge in [-0.2, -0.15) is 0 Å². The van der Waals surface area contributed by atoms with Crippen LogP contribution in [-0.2, 0) is 9.53 Å². The molecule has 0 N–H and O–H groups in total. The van der Waals surface area contributed by atoms with Gasteiger partial charge in [0.05, 0.1) is 0 Å². The minimum Gasteiger partial charge on any atom is -0.449 e. The number of benzene rings is 1. The fourth-order valence-corrected chi connectivity index (χ4v) is 3.02. The average Bonchev–Trinajstić information content (AvgIpc) is 3.15. The quantitative estimate of drug-likeness (QED) is 0.805. The van der Waals surface area contributed by atoms with E-state index in [1.54, 1.807) is 36.9 Å². The Hall–Kier alpha value is -2.01. The standard InChI is InChI=1S/C17H18ClNO4/c1-10-13-9-12(18)5-6-14(13)23-15(10)17(21)22-11(2)16(20)19-7-3-4-8-19/h5-6,9,11H,3-4,7-8H2,1-2H3/t11-/m0/s1. The highest BCUT2D eigenvalue weighted by molar-refractivity contribution is 6.31. The molecule has 1 aromatic carbocycles. The van der Waals surface area contributed by atoms with Crippen molar-refractivity contribution in [2.75, 3.05) is 13.1 Å². The van der Waals surface area contributed by atoms with Crippen LogP contribution in [0.15, 0.2) is 22.6 Å². The number of nitrogens with zero attached hydrogens (tertiary/aromatic N) is 1. The third-order valence-electron chi connectivity index (χ3n) is 4.13. The van der Waals surface area contributed by atoms with E-state index >= 15 is 0 Å². The summed E-state index contributed by atoms with van der Waals surface area (Å²) in [4.78, 5) is 26.3. The number of halogens is 1.